The third-order valence-electron chi connectivity index (χ3n) is 1.86. The third kappa shape index (κ3) is 1.47. The van der Waals surface area contributed by atoms with Gasteiger partial charge in [0.25, 0.3) is 0 Å². The van der Waals surface area contributed by atoms with Crippen molar-refractivity contribution in [1.82, 2.24) is 0 Å². The molecule has 0 aliphatic heterocycles. The number of hydrogen-bond acceptors (Lipinski definition) is 3. The van der Waals surface area contributed by atoms with Gasteiger partial charge in [-0.15, -0.1) is 5.23 Å². The van der Waals surface area contributed by atoms with Crippen molar-refractivity contribution in [3.8, 4) is 0 Å². The van der Waals surface area contributed by atoms with E-state index in [4.69, 9.17) is 10.4 Å². The van der Waals surface area contributed by atoms with Gasteiger partial charge in [0.2, 0.25) is 0 Å². The Labute approximate surface area is 75.4 Å². The van der Waals surface area contributed by atoms with Crippen molar-refractivity contribution in [3.63, 3.8) is 0 Å². The minimum atomic E-state index is 0.0619. The predicted molar refractivity (Wildman–Crippen MR) is 48.8 cm³/mol. The van der Waals surface area contributed by atoms with Crippen LogP contribution >= 0.6 is 0 Å². The summed E-state index contributed by atoms with van der Waals surface area (Å²) in [6.07, 6.45) is 0. The van der Waals surface area contributed by atoms with E-state index in [2.05, 4.69) is 6.07 Å². The van der Waals surface area contributed by atoms with Crippen LogP contribution in [0.25, 0.3) is 10.8 Å². The van der Waals surface area contributed by atoms with Crippen LogP contribution in [0, 0.1) is 6.07 Å². The molecular weight excluding hydrogens is 166 g/mol. The van der Waals surface area contributed by atoms with Crippen LogP contribution < -0.4 is 5.23 Å². The largest absolute Gasteiger partial charge is 0.264 e. The Morgan fingerprint density at radius 2 is 1.77 bits per heavy atom. The average Bonchev–Trinajstić information content (AvgIpc) is 2.17. The van der Waals surface area contributed by atoms with Gasteiger partial charge in [-0.2, -0.15) is 0 Å². The molecule has 0 heterocycles. The van der Waals surface area contributed by atoms with Crippen molar-refractivity contribution < 1.29 is 10.4 Å². The number of fused-ring (bicyclic) bond motifs is 1. The lowest BCUT2D eigenvalue weighted by atomic mass is 10.1. The number of nitrogens with zero attached hydrogens (tertiary/aromatic N) is 1. The van der Waals surface area contributed by atoms with Gasteiger partial charge in [0.15, 0.2) is 0 Å². The number of benzene rings is 2. The topological polar surface area (TPSA) is 43.7 Å². The van der Waals surface area contributed by atoms with Crippen molar-refractivity contribution in [3.05, 3.63) is 42.5 Å². The Hall–Kier alpha value is -1.58. The molecule has 0 amide bonds. The smallest absolute Gasteiger partial charge is 0.103 e. The second-order valence-electron chi connectivity index (χ2n) is 2.72. The SMILES string of the molecule is ON(O)c1[c]c2ccccc2cc1. The molecular formula is C10H8NO2. The molecule has 13 heavy (non-hydrogen) atoms. The van der Waals surface area contributed by atoms with Crippen molar-refractivity contribution in [1.29, 1.82) is 0 Å². The molecule has 0 saturated carbocycles. The number of rotatable bonds is 1. The lowest BCUT2D eigenvalue weighted by Gasteiger charge is -2.07. The highest BCUT2D eigenvalue weighted by atomic mass is 16.8. The highest BCUT2D eigenvalue weighted by Gasteiger charge is 1.99. The van der Waals surface area contributed by atoms with Gasteiger partial charge in [-0.25, -0.2) is 0 Å². The molecule has 0 saturated heterocycles. The zero-order chi connectivity index (χ0) is 9.26. The second-order valence-corrected chi connectivity index (χ2v) is 2.72. The molecule has 0 bridgehead atoms. The van der Waals surface area contributed by atoms with Crippen LogP contribution in [-0.4, -0.2) is 10.4 Å². The summed E-state index contributed by atoms with van der Waals surface area (Å²) in [5.74, 6) is 0. The van der Waals surface area contributed by atoms with E-state index >= 15 is 0 Å². The minimum Gasteiger partial charge on any atom is -0.264 e. The lowest BCUT2D eigenvalue weighted by Crippen LogP contribution is -2.10. The molecule has 2 aromatic rings. The highest BCUT2D eigenvalue weighted by molar-refractivity contribution is 5.84. The first kappa shape index (κ1) is 8.04. The number of hydrogen-bond donors (Lipinski definition) is 2. The van der Waals surface area contributed by atoms with Crippen molar-refractivity contribution in [2.45, 2.75) is 0 Å². The van der Waals surface area contributed by atoms with Crippen LogP contribution in [0.4, 0.5) is 5.69 Å². The summed E-state index contributed by atoms with van der Waals surface area (Å²) in [5, 5.41) is 19.4. The predicted octanol–water partition coefficient (Wildman–Crippen LogP) is 2.22. The minimum absolute atomic E-state index is 0.0619. The molecule has 0 unspecified atom stereocenters. The van der Waals surface area contributed by atoms with Crippen molar-refractivity contribution in [2.75, 3.05) is 5.23 Å². The van der Waals surface area contributed by atoms with Crippen molar-refractivity contribution in [2.24, 2.45) is 0 Å². The van der Waals surface area contributed by atoms with E-state index in [1.54, 1.807) is 12.1 Å². The maximum absolute atomic E-state index is 8.74. The fourth-order valence-electron chi connectivity index (χ4n) is 1.22. The molecule has 0 aliphatic carbocycles. The van der Waals surface area contributed by atoms with Crippen LogP contribution in [-0.2, 0) is 0 Å². The zero-order valence-corrected chi connectivity index (χ0v) is 6.81. The van der Waals surface area contributed by atoms with Gasteiger partial charge in [0.05, 0.1) is 0 Å². The average molecular weight is 174 g/mol. The molecule has 65 valence electrons. The molecule has 1 radical (unpaired) electrons. The summed E-state index contributed by atoms with van der Waals surface area (Å²) < 4.78 is 0. The van der Waals surface area contributed by atoms with E-state index in [0.717, 1.165) is 10.8 Å². The standard InChI is InChI=1S/C10H8NO2/c12-11(13)10-6-5-8-3-1-2-4-9(8)7-10/h1-6,12-13H. The van der Waals surface area contributed by atoms with Gasteiger partial charge in [0.1, 0.15) is 5.69 Å². The molecule has 2 N–H and O–H groups in total. The van der Waals surface area contributed by atoms with E-state index in [1.165, 1.54) is 0 Å². The van der Waals surface area contributed by atoms with Gasteiger partial charge < -0.3 is 0 Å². The van der Waals surface area contributed by atoms with E-state index in [-0.39, 0.29) is 10.9 Å². The maximum Gasteiger partial charge on any atom is 0.103 e. The van der Waals surface area contributed by atoms with Gasteiger partial charge >= 0.3 is 0 Å². The monoisotopic (exact) mass is 174 g/mol. The zero-order valence-electron chi connectivity index (χ0n) is 6.81. The lowest BCUT2D eigenvalue weighted by molar-refractivity contribution is 0.0291. The quantitative estimate of drug-likeness (QED) is 0.651. The normalized spacial score (nSPS) is 10.3. The van der Waals surface area contributed by atoms with Crippen LogP contribution in [0.5, 0.6) is 0 Å². The van der Waals surface area contributed by atoms with Crippen molar-refractivity contribution >= 4 is 16.5 Å². The third-order valence-corrected chi connectivity index (χ3v) is 1.86. The maximum atomic E-state index is 8.74. The molecule has 0 aliphatic rings. The van der Waals surface area contributed by atoms with E-state index in [1.807, 2.05) is 24.3 Å². The Balaban J connectivity index is 2.62. The Bertz CT molecular complexity index is 426. The van der Waals surface area contributed by atoms with E-state index < -0.39 is 0 Å². The molecule has 0 atom stereocenters. The summed E-state index contributed by atoms with van der Waals surface area (Å²) >= 11 is 0. The second kappa shape index (κ2) is 3.05. The van der Waals surface area contributed by atoms with Gasteiger partial charge in [-0.1, -0.05) is 30.3 Å². The van der Waals surface area contributed by atoms with Crippen LogP contribution in [0.15, 0.2) is 36.4 Å². The first-order valence-electron chi connectivity index (χ1n) is 3.86. The molecule has 3 nitrogen and oxygen atoms in total. The summed E-state index contributed by atoms with van der Waals surface area (Å²) in [6.45, 7) is 0. The highest BCUT2D eigenvalue weighted by Crippen LogP contribution is 2.19. The summed E-state index contributed by atoms with van der Waals surface area (Å²) in [5.41, 5.74) is 0.235. The summed E-state index contributed by atoms with van der Waals surface area (Å²) in [4.78, 5) is 0. The Morgan fingerprint density at radius 3 is 2.54 bits per heavy atom. The van der Waals surface area contributed by atoms with Gasteiger partial charge in [-0.3, -0.25) is 10.4 Å². The van der Waals surface area contributed by atoms with Gasteiger partial charge in [-0.05, 0) is 16.8 Å². The van der Waals surface area contributed by atoms with E-state index in [0.29, 0.717) is 0 Å². The van der Waals surface area contributed by atoms with Crippen LogP contribution in [0.1, 0.15) is 0 Å². The molecule has 3 heteroatoms. The van der Waals surface area contributed by atoms with E-state index in [9.17, 15) is 0 Å². The Kier molecular flexibility index (Phi) is 1.88. The molecule has 0 aromatic heterocycles. The first-order chi connectivity index (χ1) is 6.27. The molecule has 0 spiro atoms. The molecule has 2 aromatic carbocycles. The van der Waals surface area contributed by atoms with Gasteiger partial charge in [0, 0.05) is 6.07 Å². The van der Waals surface area contributed by atoms with Crippen LogP contribution in [0.2, 0.25) is 0 Å². The fourth-order valence-corrected chi connectivity index (χ4v) is 1.22. The molecule has 0 fully saturated rings. The fraction of sp³-hybridized carbons (Fsp3) is 0. The number of anilines is 1. The summed E-state index contributed by atoms with van der Waals surface area (Å²) in [6, 6.07) is 13.8. The molecule has 2 rings (SSSR count). The Morgan fingerprint density at radius 1 is 1.00 bits per heavy atom. The van der Waals surface area contributed by atoms with Crippen LogP contribution in [0.3, 0.4) is 0 Å². The first-order valence-corrected chi connectivity index (χ1v) is 3.86. The summed E-state index contributed by atoms with van der Waals surface area (Å²) in [7, 11) is 0.